The molecule has 4 rings (SSSR count). The van der Waals surface area contributed by atoms with Crippen LogP contribution in [0.5, 0.6) is 5.75 Å². The molecule has 2 amide bonds. The maximum atomic E-state index is 13.2. The summed E-state index contributed by atoms with van der Waals surface area (Å²) in [5, 5.41) is 10.2. The second-order valence-electron chi connectivity index (χ2n) is 8.05. The first kappa shape index (κ1) is 19.5. The second kappa shape index (κ2) is 7.52. The molecule has 0 unspecified atom stereocenters. The fourth-order valence-electron chi connectivity index (χ4n) is 4.28. The first-order valence-corrected chi connectivity index (χ1v) is 9.97. The Labute approximate surface area is 170 Å². The molecule has 2 aliphatic rings. The molecule has 2 saturated heterocycles. The SMILES string of the molecule is COc1ccc(-c2ccccc2)cc1N1C(=O)[C@@H]2C[C@H]1CN2C(=O)[C@H](O)C(C)C. The van der Waals surface area contributed by atoms with Gasteiger partial charge in [0, 0.05) is 6.54 Å². The highest BCUT2D eigenvalue weighted by Crippen LogP contribution is 2.42. The van der Waals surface area contributed by atoms with Crippen LogP contribution < -0.4 is 9.64 Å². The smallest absolute Gasteiger partial charge is 0.252 e. The Kier molecular flexibility index (Phi) is 5.04. The molecule has 1 N–H and O–H groups in total. The number of aliphatic hydroxyl groups is 1. The zero-order valence-corrected chi connectivity index (χ0v) is 16.9. The molecule has 2 aromatic rings. The van der Waals surface area contributed by atoms with E-state index in [2.05, 4.69) is 0 Å². The lowest BCUT2D eigenvalue weighted by Gasteiger charge is -2.35. The number of carbonyl (C=O) groups is 2. The van der Waals surface area contributed by atoms with Gasteiger partial charge in [-0.15, -0.1) is 0 Å². The molecule has 0 spiro atoms. The van der Waals surface area contributed by atoms with Gasteiger partial charge in [0.2, 0.25) is 5.91 Å². The molecular formula is C23H26N2O4. The summed E-state index contributed by atoms with van der Waals surface area (Å²) in [6.07, 6.45) is -0.500. The van der Waals surface area contributed by atoms with Gasteiger partial charge in [0.1, 0.15) is 17.9 Å². The van der Waals surface area contributed by atoms with E-state index in [1.165, 1.54) is 0 Å². The summed E-state index contributed by atoms with van der Waals surface area (Å²) in [5.74, 6) is -0.0271. The molecular weight excluding hydrogens is 368 g/mol. The lowest BCUT2D eigenvalue weighted by atomic mass is 10.0. The number of methoxy groups -OCH3 is 1. The topological polar surface area (TPSA) is 70.1 Å². The average molecular weight is 394 g/mol. The van der Waals surface area contributed by atoms with Crippen molar-refractivity contribution in [2.24, 2.45) is 5.92 Å². The average Bonchev–Trinajstić information content (AvgIpc) is 3.31. The Morgan fingerprint density at radius 1 is 1.14 bits per heavy atom. The third-order valence-electron chi connectivity index (χ3n) is 5.88. The number of likely N-dealkylation sites (tertiary alicyclic amines) is 1. The number of hydrogen-bond donors (Lipinski definition) is 1. The quantitative estimate of drug-likeness (QED) is 0.847. The zero-order valence-electron chi connectivity index (χ0n) is 16.9. The third-order valence-corrected chi connectivity index (χ3v) is 5.88. The highest BCUT2D eigenvalue weighted by Gasteiger charge is 2.53. The van der Waals surface area contributed by atoms with Crippen molar-refractivity contribution >= 4 is 17.5 Å². The summed E-state index contributed by atoms with van der Waals surface area (Å²) in [6.45, 7) is 4.02. The number of benzene rings is 2. The number of rotatable bonds is 5. The fourth-order valence-corrected chi connectivity index (χ4v) is 4.28. The maximum Gasteiger partial charge on any atom is 0.252 e. The van der Waals surface area contributed by atoms with E-state index in [1.807, 2.05) is 48.5 Å². The van der Waals surface area contributed by atoms with Crippen LogP contribution in [-0.2, 0) is 9.59 Å². The van der Waals surface area contributed by atoms with Crippen LogP contribution in [0.3, 0.4) is 0 Å². The van der Waals surface area contributed by atoms with E-state index in [0.717, 1.165) is 16.8 Å². The molecule has 2 heterocycles. The second-order valence-corrected chi connectivity index (χ2v) is 8.05. The molecule has 2 fully saturated rings. The highest BCUT2D eigenvalue weighted by atomic mass is 16.5. The van der Waals surface area contributed by atoms with E-state index in [-0.39, 0.29) is 23.8 Å². The lowest BCUT2D eigenvalue weighted by molar-refractivity contribution is -0.147. The normalized spacial score (nSPS) is 21.8. The van der Waals surface area contributed by atoms with Crippen molar-refractivity contribution < 1.29 is 19.4 Å². The van der Waals surface area contributed by atoms with Gasteiger partial charge < -0.3 is 19.6 Å². The van der Waals surface area contributed by atoms with Crippen LogP contribution in [0, 0.1) is 5.92 Å². The minimum absolute atomic E-state index is 0.115. The van der Waals surface area contributed by atoms with Crippen LogP contribution in [0.1, 0.15) is 20.3 Å². The number of aliphatic hydroxyl groups excluding tert-OH is 1. The first-order valence-electron chi connectivity index (χ1n) is 9.97. The van der Waals surface area contributed by atoms with E-state index in [1.54, 1.807) is 30.8 Å². The number of fused-ring (bicyclic) bond motifs is 2. The molecule has 6 nitrogen and oxygen atoms in total. The minimum atomic E-state index is -1.08. The number of anilines is 1. The number of hydrogen-bond acceptors (Lipinski definition) is 4. The predicted octanol–water partition coefficient (Wildman–Crippen LogP) is 2.70. The summed E-state index contributed by atoms with van der Waals surface area (Å²) < 4.78 is 5.53. The van der Waals surface area contributed by atoms with Gasteiger partial charge in [0.15, 0.2) is 0 Å². The van der Waals surface area contributed by atoms with E-state index >= 15 is 0 Å². The Hall–Kier alpha value is -2.86. The minimum Gasteiger partial charge on any atom is -0.495 e. The van der Waals surface area contributed by atoms with Crippen molar-refractivity contribution in [3.05, 3.63) is 48.5 Å². The van der Waals surface area contributed by atoms with Gasteiger partial charge >= 0.3 is 0 Å². The zero-order chi connectivity index (χ0) is 20.7. The van der Waals surface area contributed by atoms with Gasteiger partial charge in [-0.2, -0.15) is 0 Å². The van der Waals surface area contributed by atoms with Crippen LogP contribution in [-0.4, -0.2) is 53.7 Å². The molecule has 3 atom stereocenters. The van der Waals surface area contributed by atoms with Crippen LogP contribution in [0.4, 0.5) is 5.69 Å². The van der Waals surface area contributed by atoms with Gasteiger partial charge in [-0.1, -0.05) is 50.2 Å². The molecule has 0 aromatic heterocycles. The predicted molar refractivity (Wildman–Crippen MR) is 111 cm³/mol. The van der Waals surface area contributed by atoms with Gasteiger partial charge in [0.25, 0.3) is 5.91 Å². The van der Waals surface area contributed by atoms with E-state index in [4.69, 9.17) is 4.74 Å². The number of nitrogens with zero attached hydrogens (tertiary/aromatic N) is 2. The van der Waals surface area contributed by atoms with Gasteiger partial charge in [0.05, 0.1) is 18.8 Å². The van der Waals surface area contributed by atoms with Crippen molar-refractivity contribution in [2.75, 3.05) is 18.6 Å². The van der Waals surface area contributed by atoms with E-state index in [0.29, 0.717) is 18.7 Å². The van der Waals surface area contributed by atoms with E-state index < -0.39 is 12.1 Å². The maximum absolute atomic E-state index is 13.2. The number of piperazine rings is 1. The molecule has 6 heteroatoms. The number of amides is 2. The van der Waals surface area contributed by atoms with Gasteiger partial charge in [-0.25, -0.2) is 0 Å². The van der Waals surface area contributed by atoms with Crippen LogP contribution in [0.2, 0.25) is 0 Å². The Bertz CT molecular complexity index is 928. The molecule has 29 heavy (non-hydrogen) atoms. The Morgan fingerprint density at radius 3 is 2.48 bits per heavy atom. The van der Waals surface area contributed by atoms with Crippen LogP contribution in [0.15, 0.2) is 48.5 Å². The molecule has 0 saturated carbocycles. The Morgan fingerprint density at radius 2 is 1.86 bits per heavy atom. The molecule has 0 aliphatic carbocycles. The number of ether oxygens (including phenoxy) is 1. The molecule has 2 bridgehead atoms. The van der Waals surface area contributed by atoms with Gasteiger partial charge in [-0.05, 0) is 35.6 Å². The van der Waals surface area contributed by atoms with Crippen molar-refractivity contribution in [1.29, 1.82) is 0 Å². The van der Waals surface area contributed by atoms with Gasteiger partial charge in [-0.3, -0.25) is 9.59 Å². The highest BCUT2D eigenvalue weighted by molar-refractivity contribution is 6.05. The fraction of sp³-hybridized carbons (Fsp3) is 0.391. The standard InChI is InChI=1S/C23H26N2O4/c1-14(2)21(26)23(28)24-13-17-12-19(24)22(27)25(17)18-11-16(9-10-20(18)29-3)15-7-5-4-6-8-15/h4-11,14,17,19,21,26H,12-13H2,1-3H3/t17-,19-,21+/m0/s1. The molecule has 2 aromatic carbocycles. The van der Waals surface area contributed by atoms with Crippen LogP contribution in [0.25, 0.3) is 11.1 Å². The summed E-state index contributed by atoms with van der Waals surface area (Å²) in [5.41, 5.74) is 2.79. The van der Waals surface area contributed by atoms with E-state index in [9.17, 15) is 14.7 Å². The van der Waals surface area contributed by atoms with Crippen molar-refractivity contribution in [1.82, 2.24) is 4.90 Å². The first-order chi connectivity index (χ1) is 13.9. The van der Waals surface area contributed by atoms with Crippen LogP contribution >= 0.6 is 0 Å². The molecule has 2 aliphatic heterocycles. The number of carbonyl (C=O) groups excluding carboxylic acids is 2. The Balaban J connectivity index is 1.64. The third kappa shape index (κ3) is 3.27. The summed E-state index contributed by atoms with van der Waals surface area (Å²) >= 11 is 0. The van der Waals surface area contributed by atoms with Crippen molar-refractivity contribution in [2.45, 2.75) is 38.5 Å². The summed E-state index contributed by atoms with van der Waals surface area (Å²) in [6, 6.07) is 15.2. The molecule has 152 valence electrons. The summed E-state index contributed by atoms with van der Waals surface area (Å²) in [7, 11) is 1.59. The monoisotopic (exact) mass is 394 g/mol. The summed E-state index contributed by atoms with van der Waals surface area (Å²) in [4.78, 5) is 29.1. The van der Waals surface area contributed by atoms with Crippen molar-refractivity contribution in [3.63, 3.8) is 0 Å². The lowest BCUT2D eigenvalue weighted by Crippen LogP contribution is -2.55. The largest absolute Gasteiger partial charge is 0.495 e. The van der Waals surface area contributed by atoms with Crippen molar-refractivity contribution in [3.8, 4) is 16.9 Å². The molecule has 0 radical (unpaired) electrons.